The average molecular weight is 552 g/mol. The van der Waals surface area contributed by atoms with E-state index in [9.17, 15) is 14.4 Å². The highest BCUT2D eigenvalue weighted by molar-refractivity contribution is 6.04. The molecule has 2 aliphatic rings. The number of benzene rings is 3. The van der Waals surface area contributed by atoms with Gasteiger partial charge in [0.15, 0.2) is 0 Å². The zero-order valence-electron chi connectivity index (χ0n) is 23.7. The number of amides is 3. The Bertz CT molecular complexity index is 1650. The molecule has 3 amide bonds. The summed E-state index contributed by atoms with van der Waals surface area (Å²) in [5.74, 6) is -0.275. The quantitative estimate of drug-likeness (QED) is 0.287. The van der Waals surface area contributed by atoms with E-state index in [1.165, 1.54) is 4.90 Å². The molecule has 3 aromatic carbocycles. The Morgan fingerprint density at radius 1 is 0.951 bits per heavy atom. The molecule has 1 fully saturated rings. The number of esters is 1. The first kappa shape index (κ1) is 26.6. The molecule has 0 radical (unpaired) electrons. The van der Waals surface area contributed by atoms with Crippen LogP contribution in [0.3, 0.4) is 0 Å². The molecule has 2 bridgehead atoms. The molecule has 210 valence electrons. The van der Waals surface area contributed by atoms with Crippen molar-refractivity contribution < 1.29 is 23.9 Å². The van der Waals surface area contributed by atoms with E-state index in [1.807, 2.05) is 81.4 Å². The maximum Gasteiger partial charge on any atom is 0.338 e. The van der Waals surface area contributed by atoms with E-state index in [0.717, 1.165) is 39.0 Å². The van der Waals surface area contributed by atoms with Crippen LogP contribution in [0.5, 0.6) is 5.75 Å². The van der Waals surface area contributed by atoms with Crippen molar-refractivity contribution in [3.05, 3.63) is 101 Å². The van der Waals surface area contributed by atoms with Crippen molar-refractivity contribution in [2.75, 3.05) is 13.6 Å². The zero-order valence-corrected chi connectivity index (χ0v) is 23.7. The number of hydrogen-bond donors (Lipinski definition) is 0. The van der Waals surface area contributed by atoms with Crippen LogP contribution in [0.25, 0.3) is 10.9 Å². The van der Waals surface area contributed by atoms with Crippen LogP contribution in [0.1, 0.15) is 59.4 Å². The highest BCUT2D eigenvalue weighted by Gasteiger charge is 2.44. The van der Waals surface area contributed by atoms with Gasteiger partial charge < -0.3 is 18.9 Å². The molecule has 8 heteroatoms. The van der Waals surface area contributed by atoms with Gasteiger partial charge in [-0.25, -0.2) is 9.59 Å². The van der Waals surface area contributed by atoms with Crippen LogP contribution in [0, 0.1) is 0 Å². The van der Waals surface area contributed by atoms with Gasteiger partial charge in [-0.05, 0) is 67.8 Å². The van der Waals surface area contributed by atoms with Crippen molar-refractivity contribution in [1.82, 2.24) is 14.4 Å². The molecule has 1 aromatic heterocycles. The first-order valence-corrected chi connectivity index (χ1v) is 13.8. The normalized spacial score (nSPS) is 16.6. The van der Waals surface area contributed by atoms with Crippen molar-refractivity contribution in [3.63, 3.8) is 0 Å². The zero-order chi connectivity index (χ0) is 28.9. The monoisotopic (exact) mass is 551 g/mol. The van der Waals surface area contributed by atoms with Crippen molar-refractivity contribution in [3.8, 4) is 5.75 Å². The van der Waals surface area contributed by atoms with E-state index in [4.69, 9.17) is 9.47 Å². The van der Waals surface area contributed by atoms with Gasteiger partial charge in [0, 0.05) is 36.7 Å². The Kier molecular flexibility index (Phi) is 6.56. The minimum atomic E-state index is -0.571. The van der Waals surface area contributed by atoms with Gasteiger partial charge in [0.1, 0.15) is 18.0 Å². The van der Waals surface area contributed by atoms with Crippen LogP contribution in [0.15, 0.2) is 72.8 Å². The lowest BCUT2D eigenvalue weighted by Gasteiger charge is -2.41. The first-order valence-electron chi connectivity index (χ1n) is 13.8. The van der Waals surface area contributed by atoms with E-state index in [1.54, 1.807) is 24.1 Å². The number of carbonyl (C=O) groups is 3. The van der Waals surface area contributed by atoms with Gasteiger partial charge in [-0.1, -0.05) is 42.5 Å². The molecule has 0 saturated carbocycles. The lowest BCUT2D eigenvalue weighted by Crippen LogP contribution is -2.56. The molecule has 0 N–H and O–H groups in total. The predicted octanol–water partition coefficient (Wildman–Crippen LogP) is 5.72. The summed E-state index contributed by atoms with van der Waals surface area (Å²) in [4.78, 5) is 41.7. The highest BCUT2D eigenvalue weighted by Crippen LogP contribution is 2.42. The number of nitrogens with zero attached hydrogens (tertiary/aromatic N) is 3. The van der Waals surface area contributed by atoms with Crippen LogP contribution in [-0.4, -0.2) is 51.5 Å². The summed E-state index contributed by atoms with van der Waals surface area (Å²) in [6.45, 7) is 7.26. The van der Waals surface area contributed by atoms with Crippen molar-refractivity contribution >= 4 is 28.8 Å². The van der Waals surface area contributed by atoms with Crippen LogP contribution >= 0.6 is 0 Å². The van der Waals surface area contributed by atoms with E-state index < -0.39 is 11.5 Å². The Morgan fingerprint density at radius 3 is 2.39 bits per heavy atom. The van der Waals surface area contributed by atoms with Crippen LogP contribution in [-0.2, 0) is 29.2 Å². The topological polar surface area (TPSA) is 81.1 Å². The van der Waals surface area contributed by atoms with Crippen molar-refractivity contribution in [2.24, 2.45) is 0 Å². The molecule has 2 aliphatic heterocycles. The third-order valence-electron chi connectivity index (χ3n) is 7.64. The van der Waals surface area contributed by atoms with E-state index in [0.29, 0.717) is 31.8 Å². The maximum atomic E-state index is 13.3. The van der Waals surface area contributed by atoms with Crippen LogP contribution in [0.2, 0.25) is 0 Å². The van der Waals surface area contributed by atoms with Crippen molar-refractivity contribution in [1.29, 1.82) is 0 Å². The summed E-state index contributed by atoms with van der Waals surface area (Å²) in [6.07, 6.45) is 0. The number of carbonyl (C=O) groups excluding carboxylic acids is 3. The number of fused-ring (bicyclic) bond motifs is 6. The SMILES string of the molecule is CN1C(=O)[C@@H]2CN(Cc3c2c2cc(OCc4ccccc4)ccc2n3Cc2ccc(C(=O)OC(C)(C)C)cc2)C1=O. The van der Waals surface area contributed by atoms with Gasteiger partial charge in [-0.2, -0.15) is 0 Å². The molecule has 6 rings (SSSR count). The summed E-state index contributed by atoms with van der Waals surface area (Å²) in [5.41, 5.74) is 4.85. The highest BCUT2D eigenvalue weighted by atomic mass is 16.6. The second kappa shape index (κ2) is 10.1. The maximum absolute atomic E-state index is 13.3. The number of imide groups is 1. The van der Waals surface area contributed by atoms with Crippen molar-refractivity contribution in [2.45, 2.75) is 52.0 Å². The molecule has 0 unspecified atom stereocenters. The second-order valence-electron chi connectivity index (χ2n) is 11.7. The Morgan fingerprint density at radius 2 is 1.68 bits per heavy atom. The molecule has 1 atom stereocenters. The number of aromatic nitrogens is 1. The number of hydrogen-bond acceptors (Lipinski definition) is 5. The molecule has 3 heterocycles. The molecule has 4 aromatic rings. The fourth-order valence-corrected chi connectivity index (χ4v) is 5.69. The molecule has 41 heavy (non-hydrogen) atoms. The average Bonchev–Trinajstić information content (AvgIpc) is 3.26. The predicted molar refractivity (Wildman–Crippen MR) is 155 cm³/mol. The first-order chi connectivity index (χ1) is 19.6. The molecule has 8 nitrogen and oxygen atoms in total. The molecule has 0 aliphatic carbocycles. The van der Waals surface area contributed by atoms with Crippen LogP contribution in [0.4, 0.5) is 4.79 Å². The molecular weight excluding hydrogens is 518 g/mol. The summed E-state index contributed by atoms with van der Waals surface area (Å²) >= 11 is 0. The number of ether oxygens (including phenoxy) is 2. The Balaban J connectivity index is 1.38. The van der Waals surface area contributed by atoms with Gasteiger partial charge in [-0.3, -0.25) is 9.69 Å². The fourth-order valence-electron chi connectivity index (χ4n) is 5.69. The molecule has 0 spiro atoms. The Labute approximate surface area is 239 Å². The van der Waals surface area contributed by atoms with Gasteiger partial charge in [0.2, 0.25) is 5.91 Å². The van der Waals surface area contributed by atoms with Gasteiger partial charge >= 0.3 is 12.0 Å². The van der Waals surface area contributed by atoms with E-state index >= 15 is 0 Å². The lowest BCUT2D eigenvalue weighted by atomic mass is 9.89. The van der Waals surface area contributed by atoms with Crippen LogP contribution < -0.4 is 4.74 Å². The smallest absolute Gasteiger partial charge is 0.338 e. The van der Waals surface area contributed by atoms with E-state index in [2.05, 4.69) is 4.57 Å². The minimum Gasteiger partial charge on any atom is -0.489 e. The third-order valence-corrected chi connectivity index (χ3v) is 7.64. The fraction of sp³-hybridized carbons (Fsp3) is 0.303. The van der Waals surface area contributed by atoms with Gasteiger partial charge in [0.25, 0.3) is 0 Å². The summed E-state index contributed by atoms with van der Waals surface area (Å²) in [6, 6.07) is 23.1. The Hall–Kier alpha value is -4.59. The summed E-state index contributed by atoms with van der Waals surface area (Å²) in [7, 11) is 1.55. The molecule has 1 saturated heterocycles. The van der Waals surface area contributed by atoms with Gasteiger partial charge in [-0.15, -0.1) is 0 Å². The third kappa shape index (κ3) is 5.06. The second-order valence-corrected chi connectivity index (χ2v) is 11.7. The lowest BCUT2D eigenvalue weighted by molar-refractivity contribution is -0.132. The number of likely N-dealkylation sites (N-methyl/N-ethyl adjacent to an activating group) is 1. The molecular formula is C33H33N3O5. The van der Waals surface area contributed by atoms with E-state index in [-0.39, 0.29) is 17.9 Å². The standard InChI is InChI=1S/C33H33N3O5/c1-33(2,3)41-31(38)23-12-10-21(11-13-23)17-36-27-15-14-24(40-20-22-8-6-5-7-9-22)16-25(27)29-26-18-35(19-28(29)36)32(39)34(4)30(26)37/h5-16,26H,17-20H2,1-4H3/t26-/m1/s1. The van der Waals surface area contributed by atoms with Gasteiger partial charge in [0.05, 0.1) is 18.0 Å². The summed E-state index contributed by atoms with van der Waals surface area (Å²) in [5, 5.41) is 0.955. The largest absolute Gasteiger partial charge is 0.489 e. The minimum absolute atomic E-state index is 0.191. The number of rotatable bonds is 6. The number of urea groups is 1. The summed E-state index contributed by atoms with van der Waals surface area (Å²) < 4.78 is 13.8.